The predicted octanol–water partition coefficient (Wildman–Crippen LogP) is 2.41. The molecule has 2 heterocycles. The molecule has 2 N–H and O–H groups in total. The predicted molar refractivity (Wildman–Crippen MR) is 110 cm³/mol. The first kappa shape index (κ1) is 20.3. The highest BCUT2D eigenvalue weighted by Gasteiger charge is 2.22. The van der Waals surface area contributed by atoms with E-state index in [9.17, 15) is 9.59 Å². The average Bonchev–Trinajstić information content (AvgIpc) is 2.66. The van der Waals surface area contributed by atoms with Crippen molar-refractivity contribution in [1.82, 2.24) is 20.2 Å². The lowest BCUT2D eigenvalue weighted by Crippen LogP contribution is -2.48. The van der Waals surface area contributed by atoms with E-state index in [4.69, 9.17) is 0 Å². The fourth-order valence-electron chi connectivity index (χ4n) is 3.74. The van der Waals surface area contributed by atoms with Gasteiger partial charge in [0.15, 0.2) is 0 Å². The minimum absolute atomic E-state index is 0.0895. The van der Waals surface area contributed by atoms with Gasteiger partial charge >= 0.3 is 5.69 Å². The molecule has 1 fully saturated rings. The zero-order valence-electron chi connectivity index (χ0n) is 16.8. The number of piperidine rings is 1. The molecule has 28 heavy (non-hydrogen) atoms. The first-order valence-electron chi connectivity index (χ1n) is 10.2. The maximum atomic E-state index is 12.6. The molecule has 1 saturated heterocycles. The van der Waals surface area contributed by atoms with Gasteiger partial charge in [0.25, 0.3) is 5.91 Å². The molecular formula is C22H30N4O2. The Morgan fingerprint density at radius 2 is 2.11 bits per heavy atom. The molecule has 0 aliphatic carbocycles. The molecule has 6 heteroatoms. The van der Waals surface area contributed by atoms with Crippen molar-refractivity contribution in [1.29, 1.82) is 0 Å². The topological polar surface area (TPSA) is 78.1 Å². The van der Waals surface area contributed by atoms with Gasteiger partial charge in [0, 0.05) is 24.8 Å². The summed E-state index contributed by atoms with van der Waals surface area (Å²) in [5, 5.41) is 3.08. The summed E-state index contributed by atoms with van der Waals surface area (Å²) in [4.78, 5) is 33.4. The molecule has 0 spiro atoms. The van der Waals surface area contributed by atoms with Crippen LogP contribution in [0.3, 0.4) is 0 Å². The van der Waals surface area contributed by atoms with Gasteiger partial charge in [-0.3, -0.25) is 4.79 Å². The van der Waals surface area contributed by atoms with Crippen LogP contribution in [0.1, 0.15) is 48.4 Å². The van der Waals surface area contributed by atoms with Gasteiger partial charge in [-0.1, -0.05) is 44.2 Å². The highest BCUT2D eigenvalue weighted by molar-refractivity contribution is 5.92. The van der Waals surface area contributed by atoms with Crippen LogP contribution in [0.5, 0.6) is 0 Å². The van der Waals surface area contributed by atoms with E-state index >= 15 is 0 Å². The van der Waals surface area contributed by atoms with Gasteiger partial charge in [-0.05, 0) is 49.8 Å². The maximum Gasteiger partial charge on any atom is 0.345 e. The zero-order chi connectivity index (χ0) is 19.9. The van der Waals surface area contributed by atoms with Crippen LogP contribution in [-0.2, 0) is 12.8 Å². The Morgan fingerprint density at radius 1 is 1.32 bits per heavy atom. The second-order valence-electron chi connectivity index (χ2n) is 8.04. The van der Waals surface area contributed by atoms with Crippen LogP contribution >= 0.6 is 0 Å². The number of carbonyl (C=O) groups is 1. The fourth-order valence-corrected chi connectivity index (χ4v) is 3.74. The average molecular weight is 383 g/mol. The Morgan fingerprint density at radius 3 is 2.86 bits per heavy atom. The number of hydrogen-bond donors (Lipinski definition) is 2. The molecule has 0 unspecified atom stereocenters. The molecule has 1 aromatic heterocycles. The zero-order valence-corrected chi connectivity index (χ0v) is 16.8. The Hall–Kier alpha value is -2.47. The lowest BCUT2D eigenvalue weighted by molar-refractivity contribution is 0.0898. The van der Waals surface area contributed by atoms with Gasteiger partial charge in [0.1, 0.15) is 5.69 Å². The molecule has 0 bridgehead atoms. The van der Waals surface area contributed by atoms with Crippen molar-refractivity contribution in [2.24, 2.45) is 5.92 Å². The van der Waals surface area contributed by atoms with Crippen molar-refractivity contribution in [3.63, 3.8) is 0 Å². The summed E-state index contributed by atoms with van der Waals surface area (Å²) in [6, 6.07) is 12.3. The number of carbonyl (C=O) groups excluding carboxylic acids is 1. The lowest BCUT2D eigenvalue weighted by atomic mass is 10.0. The van der Waals surface area contributed by atoms with Gasteiger partial charge in [-0.25, -0.2) is 4.79 Å². The summed E-state index contributed by atoms with van der Waals surface area (Å²) >= 11 is 0. The number of hydrogen-bond acceptors (Lipinski definition) is 4. The third kappa shape index (κ3) is 6.02. The normalized spacial score (nSPS) is 17.6. The van der Waals surface area contributed by atoms with Gasteiger partial charge in [0.2, 0.25) is 0 Å². The minimum atomic E-state index is -0.462. The SMILES string of the molecule is CC(C)Cc1cc(C(=O)N[C@@H]2CCCN(CCc3ccccc3)C2)nc(=O)[nH]1. The van der Waals surface area contributed by atoms with Crippen molar-refractivity contribution in [2.45, 2.75) is 45.6 Å². The number of nitrogens with one attached hydrogen (secondary N) is 2. The second-order valence-corrected chi connectivity index (χ2v) is 8.04. The van der Waals surface area contributed by atoms with Crippen LogP contribution in [0.15, 0.2) is 41.2 Å². The Labute approximate surface area is 166 Å². The van der Waals surface area contributed by atoms with Crippen LogP contribution in [0.2, 0.25) is 0 Å². The largest absolute Gasteiger partial charge is 0.347 e. The van der Waals surface area contributed by atoms with Crippen molar-refractivity contribution in [3.8, 4) is 0 Å². The van der Waals surface area contributed by atoms with Crippen LogP contribution < -0.4 is 11.0 Å². The summed E-state index contributed by atoms with van der Waals surface area (Å²) in [5.74, 6) is 0.136. The Kier molecular flexibility index (Phi) is 6.98. The van der Waals surface area contributed by atoms with Crippen LogP contribution in [0, 0.1) is 5.92 Å². The number of amides is 1. The van der Waals surface area contributed by atoms with Gasteiger partial charge in [-0.2, -0.15) is 4.98 Å². The van der Waals surface area contributed by atoms with Crippen molar-refractivity contribution < 1.29 is 4.79 Å². The van der Waals surface area contributed by atoms with Gasteiger partial charge in [-0.15, -0.1) is 0 Å². The monoisotopic (exact) mass is 382 g/mol. The molecular weight excluding hydrogens is 352 g/mol. The van der Waals surface area contributed by atoms with E-state index in [1.165, 1.54) is 5.56 Å². The van der Waals surface area contributed by atoms with Gasteiger partial charge < -0.3 is 15.2 Å². The molecule has 3 rings (SSSR count). The van der Waals surface area contributed by atoms with Crippen molar-refractivity contribution in [3.05, 3.63) is 63.8 Å². The number of aromatic amines is 1. The minimum Gasteiger partial charge on any atom is -0.347 e. The standard InChI is InChI=1S/C22H30N4O2/c1-16(2)13-19-14-20(25-22(28)24-19)21(27)23-18-9-6-11-26(15-18)12-10-17-7-4-3-5-8-17/h3-5,7-8,14,16,18H,6,9-13,15H2,1-2H3,(H,23,27)(H,24,25,28)/t18-/m1/s1. The van der Waals surface area contributed by atoms with Crippen LogP contribution in [-0.4, -0.2) is 46.5 Å². The number of rotatable bonds is 7. The summed E-state index contributed by atoms with van der Waals surface area (Å²) < 4.78 is 0. The van der Waals surface area contributed by atoms with Crippen molar-refractivity contribution >= 4 is 5.91 Å². The number of nitrogens with zero attached hydrogens (tertiary/aromatic N) is 2. The fraction of sp³-hybridized carbons (Fsp3) is 0.500. The quantitative estimate of drug-likeness (QED) is 0.771. The molecule has 1 atom stereocenters. The first-order chi connectivity index (χ1) is 13.5. The number of aromatic nitrogens is 2. The summed E-state index contributed by atoms with van der Waals surface area (Å²) in [6.07, 6.45) is 3.74. The molecule has 1 aliphatic rings. The molecule has 0 saturated carbocycles. The van der Waals surface area contributed by atoms with E-state index in [-0.39, 0.29) is 17.6 Å². The summed E-state index contributed by atoms with van der Waals surface area (Å²) in [5.41, 5.74) is 1.84. The molecule has 1 aliphatic heterocycles. The highest BCUT2D eigenvalue weighted by Crippen LogP contribution is 2.12. The second kappa shape index (κ2) is 9.64. The van der Waals surface area contributed by atoms with E-state index < -0.39 is 5.69 Å². The van der Waals surface area contributed by atoms with E-state index in [0.717, 1.165) is 44.6 Å². The molecule has 1 aromatic carbocycles. The Bertz CT molecular complexity index is 832. The molecule has 0 radical (unpaired) electrons. The maximum absolute atomic E-state index is 12.6. The van der Waals surface area contributed by atoms with E-state index in [1.807, 2.05) is 6.07 Å². The molecule has 150 valence electrons. The smallest absolute Gasteiger partial charge is 0.345 e. The molecule has 6 nitrogen and oxygen atoms in total. The third-order valence-corrected chi connectivity index (χ3v) is 5.06. The number of likely N-dealkylation sites (tertiary alicyclic amines) is 1. The number of H-pyrrole nitrogens is 1. The van der Waals surface area contributed by atoms with E-state index in [1.54, 1.807) is 6.07 Å². The molecule has 1 amide bonds. The van der Waals surface area contributed by atoms with Crippen LogP contribution in [0.25, 0.3) is 0 Å². The lowest BCUT2D eigenvalue weighted by Gasteiger charge is -2.33. The molecule has 2 aromatic rings. The van der Waals surface area contributed by atoms with E-state index in [2.05, 4.69) is 58.3 Å². The highest BCUT2D eigenvalue weighted by atomic mass is 16.2. The first-order valence-corrected chi connectivity index (χ1v) is 10.2. The summed E-state index contributed by atoms with van der Waals surface area (Å²) in [7, 11) is 0. The number of benzene rings is 1. The Balaban J connectivity index is 1.56. The summed E-state index contributed by atoms with van der Waals surface area (Å²) in [6.45, 7) is 7.02. The third-order valence-electron chi connectivity index (χ3n) is 5.06. The van der Waals surface area contributed by atoms with Gasteiger partial charge in [0.05, 0.1) is 0 Å². The van der Waals surface area contributed by atoms with E-state index in [0.29, 0.717) is 12.3 Å². The van der Waals surface area contributed by atoms with Crippen LogP contribution in [0.4, 0.5) is 0 Å². The van der Waals surface area contributed by atoms with Crippen molar-refractivity contribution in [2.75, 3.05) is 19.6 Å².